The van der Waals surface area contributed by atoms with E-state index in [1.165, 1.54) is 6.39 Å². The van der Waals surface area contributed by atoms with Gasteiger partial charge in [-0.05, 0) is 0 Å². The van der Waals surface area contributed by atoms with Crippen molar-refractivity contribution in [2.75, 3.05) is 26.2 Å². The van der Waals surface area contributed by atoms with Crippen molar-refractivity contribution < 1.29 is 9.21 Å². The third-order valence-corrected chi connectivity index (χ3v) is 2.57. The summed E-state index contributed by atoms with van der Waals surface area (Å²) in [5.74, 6) is 0.667. The van der Waals surface area contributed by atoms with Gasteiger partial charge in [0, 0.05) is 32.6 Å². The van der Waals surface area contributed by atoms with Crippen molar-refractivity contribution in [1.29, 1.82) is 0 Å². The SMILES string of the molecule is CCc1ocnc1C(=O)N1CCNCC1. The fourth-order valence-corrected chi connectivity index (χ4v) is 1.71. The van der Waals surface area contributed by atoms with Crippen molar-refractivity contribution in [3.8, 4) is 0 Å². The molecule has 0 aromatic carbocycles. The lowest BCUT2D eigenvalue weighted by molar-refractivity contribution is 0.0728. The van der Waals surface area contributed by atoms with Crippen LogP contribution in [-0.2, 0) is 6.42 Å². The van der Waals surface area contributed by atoms with Crippen LogP contribution >= 0.6 is 0 Å². The first-order valence-electron chi connectivity index (χ1n) is 5.25. The van der Waals surface area contributed by atoms with E-state index in [0.29, 0.717) is 17.9 Å². The molecule has 5 nitrogen and oxygen atoms in total. The molecule has 0 unspecified atom stereocenters. The van der Waals surface area contributed by atoms with Crippen LogP contribution in [0.25, 0.3) is 0 Å². The fourth-order valence-electron chi connectivity index (χ4n) is 1.71. The zero-order valence-electron chi connectivity index (χ0n) is 8.82. The van der Waals surface area contributed by atoms with Crippen LogP contribution in [0.4, 0.5) is 0 Å². The van der Waals surface area contributed by atoms with Crippen LogP contribution in [0.5, 0.6) is 0 Å². The Morgan fingerprint density at radius 2 is 2.33 bits per heavy atom. The molecule has 82 valence electrons. The zero-order chi connectivity index (χ0) is 10.7. The molecule has 1 aliphatic heterocycles. The van der Waals surface area contributed by atoms with Crippen molar-refractivity contribution >= 4 is 5.91 Å². The first-order chi connectivity index (χ1) is 7.33. The molecule has 15 heavy (non-hydrogen) atoms. The van der Waals surface area contributed by atoms with Crippen molar-refractivity contribution in [1.82, 2.24) is 15.2 Å². The van der Waals surface area contributed by atoms with Gasteiger partial charge in [-0.3, -0.25) is 4.79 Å². The predicted molar refractivity (Wildman–Crippen MR) is 54.7 cm³/mol. The lowest BCUT2D eigenvalue weighted by Crippen LogP contribution is -2.46. The monoisotopic (exact) mass is 209 g/mol. The minimum atomic E-state index is -0.0119. The van der Waals surface area contributed by atoms with Crippen LogP contribution in [0.2, 0.25) is 0 Å². The van der Waals surface area contributed by atoms with Crippen molar-refractivity contribution in [2.45, 2.75) is 13.3 Å². The van der Waals surface area contributed by atoms with Crippen LogP contribution < -0.4 is 5.32 Å². The molecule has 1 aromatic rings. The molecule has 1 N–H and O–H groups in total. The van der Waals surface area contributed by atoms with Crippen LogP contribution in [0.15, 0.2) is 10.8 Å². The predicted octanol–water partition coefficient (Wildman–Crippen LogP) is 0.282. The van der Waals surface area contributed by atoms with Crippen molar-refractivity contribution in [3.05, 3.63) is 17.8 Å². The molecule has 2 rings (SSSR count). The molecule has 2 heterocycles. The van der Waals surface area contributed by atoms with E-state index in [0.717, 1.165) is 26.2 Å². The molecule has 0 bridgehead atoms. The standard InChI is InChI=1S/C10H15N3O2/c1-2-8-9(12-7-15-8)10(14)13-5-3-11-4-6-13/h7,11H,2-6H2,1H3. The second kappa shape index (κ2) is 4.44. The summed E-state index contributed by atoms with van der Waals surface area (Å²) in [4.78, 5) is 17.8. The Morgan fingerprint density at radius 3 is 3.00 bits per heavy atom. The summed E-state index contributed by atoms with van der Waals surface area (Å²) < 4.78 is 5.15. The number of rotatable bonds is 2. The van der Waals surface area contributed by atoms with Gasteiger partial charge in [-0.1, -0.05) is 6.92 Å². The first-order valence-corrected chi connectivity index (χ1v) is 5.25. The van der Waals surface area contributed by atoms with Gasteiger partial charge in [0.15, 0.2) is 12.1 Å². The Balaban J connectivity index is 2.12. The molecule has 1 aliphatic rings. The molecule has 0 saturated carbocycles. The number of amides is 1. The molecule has 0 atom stereocenters. The topological polar surface area (TPSA) is 58.4 Å². The lowest BCUT2D eigenvalue weighted by Gasteiger charge is -2.26. The Kier molecular flexibility index (Phi) is 3.01. The van der Waals surface area contributed by atoms with E-state index in [4.69, 9.17) is 4.42 Å². The molecular weight excluding hydrogens is 194 g/mol. The van der Waals surface area contributed by atoms with Crippen molar-refractivity contribution in [3.63, 3.8) is 0 Å². The van der Waals surface area contributed by atoms with Crippen molar-refractivity contribution in [2.24, 2.45) is 0 Å². The second-order valence-electron chi connectivity index (χ2n) is 3.52. The molecule has 1 saturated heterocycles. The van der Waals surface area contributed by atoms with E-state index in [-0.39, 0.29) is 5.91 Å². The third-order valence-electron chi connectivity index (χ3n) is 2.57. The average molecular weight is 209 g/mol. The van der Waals surface area contributed by atoms with E-state index in [1.807, 2.05) is 11.8 Å². The van der Waals surface area contributed by atoms with Gasteiger partial charge >= 0.3 is 0 Å². The first kappa shape index (κ1) is 10.2. The number of piperazine rings is 1. The number of aryl methyl sites for hydroxylation is 1. The smallest absolute Gasteiger partial charge is 0.276 e. The Hall–Kier alpha value is -1.36. The summed E-state index contributed by atoms with van der Waals surface area (Å²) >= 11 is 0. The zero-order valence-corrected chi connectivity index (χ0v) is 8.82. The summed E-state index contributed by atoms with van der Waals surface area (Å²) in [6, 6.07) is 0. The molecule has 1 fully saturated rings. The second-order valence-corrected chi connectivity index (χ2v) is 3.52. The summed E-state index contributed by atoms with van der Waals surface area (Å²) in [5.41, 5.74) is 0.472. The highest BCUT2D eigenvalue weighted by Crippen LogP contribution is 2.11. The van der Waals surface area contributed by atoms with Crippen LogP contribution in [0, 0.1) is 0 Å². The Labute approximate surface area is 88.5 Å². The number of hydrogen-bond acceptors (Lipinski definition) is 4. The number of nitrogens with one attached hydrogen (secondary N) is 1. The van der Waals surface area contributed by atoms with Crippen LogP contribution in [0.1, 0.15) is 23.2 Å². The molecule has 0 aliphatic carbocycles. The largest absolute Gasteiger partial charge is 0.448 e. The summed E-state index contributed by atoms with van der Waals surface area (Å²) in [7, 11) is 0. The minimum absolute atomic E-state index is 0.0119. The molecule has 1 aromatic heterocycles. The van der Waals surface area contributed by atoms with Crippen LogP contribution in [-0.4, -0.2) is 42.0 Å². The van der Waals surface area contributed by atoms with Gasteiger partial charge < -0.3 is 14.6 Å². The third kappa shape index (κ3) is 2.02. The average Bonchev–Trinajstić information content (AvgIpc) is 2.77. The number of oxazole rings is 1. The van der Waals surface area contributed by atoms with Gasteiger partial charge in [-0.15, -0.1) is 0 Å². The van der Waals surface area contributed by atoms with Gasteiger partial charge in [-0.2, -0.15) is 0 Å². The van der Waals surface area contributed by atoms with Gasteiger partial charge in [0.2, 0.25) is 0 Å². The summed E-state index contributed by atoms with van der Waals surface area (Å²) in [6.07, 6.45) is 2.04. The fraction of sp³-hybridized carbons (Fsp3) is 0.600. The van der Waals surface area contributed by atoms with E-state index < -0.39 is 0 Å². The van der Waals surface area contributed by atoms with E-state index in [2.05, 4.69) is 10.3 Å². The molecule has 5 heteroatoms. The molecule has 0 radical (unpaired) electrons. The quantitative estimate of drug-likeness (QED) is 0.760. The van der Waals surface area contributed by atoms with E-state index in [1.54, 1.807) is 0 Å². The number of carbonyl (C=O) groups is 1. The highest BCUT2D eigenvalue weighted by molar-refractivity contribution is 5.93. The molecule has 1 amide bonds. The maximum Gasteiger partial charge on any atom is 0.276 e. The highest BCUT2D eigenvalue weighted by Gasteiger charge is 2.22. The number of aromatic nitrogens is 1. The van der Waals surface area contributed by atoms with E-state index >= 15 is 0 Å². The number of nitrogens with zero attached hydrogens (tertiary/aromatic N) is 2. The summed E-state index contributed by atoms with van der Waals surface area (Å²) in [6.45, 7) is 5.15. The maximum atomic E-state index is 12.0. The number of carbonyl (C=O) groups excluding carboxylic acids is 1. The molecule has 0 spiro atoms. The molecular formula is C10H15N3O2. The van der Waals surface area contributed by atoms with Crippen LogP contribution in [0.3, 0.4) is 0 Å². The van der Waals surface area contributed by atoms with Gasteiger partial charge in [0.1, 0.15) is 5.76 Å². The maximum absolute atomic E-state index is 12.0. The van der Waals surface area contributed by atoms with Gasteiger partial charge in [0.25, 0.3) is 5.91 Å². The highest BCUT2D eigenvalue weighted by atomic mass is 16.3. The number of hydrogen-bond donors (Lipinski definition) is 1. The normalized spacial score (nSPS) is 16.7. The minimum Gasteiger partial charge on any atom is -0.448 e. The summed E-state index contributed by atoms with van der Waals surface area (Å²) in [5, 5.41) is 3.21. The van der Waals surface area contributed by atoms with Gasteiger partial charge in [0.05, 0.1) is 0 Å². The Morgan fingerprint density at radius 1 is 1.60 bits per heavy atom. The van der Waals surface area contributed by atoms with Gasteiger partial charge in [-0.25, -0.2) is 4.98 Å². The Bertz CT molecular complexity index is 342. The lowest BCUT2D eigenvalue weighted by atomic mass is 10.2. The van der Waals surface area contributed by atoms with E-state index in [9.17, 15) is 4.79 Å².